The lowest BCUT2D eigenvalue weighted by Gasteiger charge is -2.14. The van der Waals surface area contributed by atoms with Crippen LogP contribution in [0.25, 0.3) is 0 Å². The molecule has 2 N–H and O–H groups in total. The van der Waals surface area contributed by atoms with Crippen LogP contribution < -0.4 is 11.3 Å². The van der Waals surface area contributed by atoms with E-state index in [9.17, 15) is 18.0 Å². The molecule has 7 heteroatoms. The lowest BCUT2D eigenvalue weighted by molar-refractivity contribution is -0.138. The number of alkyl halides is 3. The summed E-state index contributed by atoms with van der Waals surface area (Å²) >= 11 is 3.05. The second-order valence-electron chi connectivity index (χ2n) is 4.20. The van der Waals surface area contributed by atoms with Gasteiger partial charge in [-0.2, -0.15) is 13.2 Å². The highest BCUT2D eigenvalue weighted by Crippen LogP contribution is 2.33. The maximum absolute atomic E-state index is 13.0. The molecule has 0 saturated heterocycles. The second-order valence-corrected chi connectivity index (χ2v) is 5.06. The number of nitrogens with two attached hydrogens (primary N) is 1. The third-order valence-electron chi connectivity index (χ3n) is 2.75. The highest BCUT2D eigenvalue weighted by molar-refractivity contribution is 9.10. The van der Waals surface area contributed by atoms with Crippen LogP contribution in [0.15, 0.2) is 45.8 Å². The number of nitrogen functional groups attached to an aromatic ring is 1. The van der Waals surface area contributed by atoms with E-state index in [1.54, 1.807) is 6.07 Å². The van der Waals surface area contributed by atoms with Crippen LogP contribution in [-0.2, 0) is 12.7 Å². The van der Waals surface area contributed by atoms with E-state index in [4.69, 9.17) is 5.73 Å². The summed E-state index contributed by atoms with van der Waals surface area (Å²) in [6.45, 7) is -0.173. The summed E-state index contributed by atoms with van der Waals surface area (Å²) < 4.78 is 40.4. The minimum Gasteiger partial charge on any atom is -0.399 e. The van der Waals surface area contributed by atoms with Crippen LogP contribution in [0.5, 0.6) is 0 Å². The van der Waals surface area contributed by atoms with Crippen LogP contribution in [0.4, 0.5) is 18.9 Å². The van der Waals surface area contributed by atoms with Gasteiger partial charge in [-0.15, -0.1) is 0 Å². The SMILES string of the molecule is Nc1ccc(Cn2cccc(Br)c2=O)c(C(F)(F)F)c1. The van der Waals surface area contributed by atoms with E-state index in [1.807, 2.05) is 0 Å². The fraction of sp³-hybridized carbons (Fsp3) is 0.154. The Morgan fingerprint density at radius 2 is 1.95 bits per heavy atom. The van der Waals surface area contributed by atoms with Crippen molar-refractivity contribution in [3.63, 3.8) is 0 Å². The summed E-state index contributed by atoms with van der Waals surface area (Å²) in [5.41, 5.74) is 4.20. The lowest BCUT2D eigenvalue weighted by Crippen LogP contribution is -2.22. The van der Waals surface area contributed by atoms with Gasteiger partial charge in [0.2, 0.25) is 0 Å². The molecule has 3 nitrogen and oxygen atoms in total. The van der Waals surface area contributed by atoms with Crippen molar-refractivity contribution in [1.82, 2.24) is 4.57 Å². The minimum atomic E-state index is -4.51. The number of halogens is 4. The Morgan fingerprint density at radius 3 is 2.60 bits per heavy atom. The summed E-state index contributed by atoms with van der Waals surface area (Å²) in [6.07, 6.45) is -3.08. The van der Waals surface area contributed by atoms with Crippen molar-refractivity contribution >= 4 is 21.6 Å². The first-order valence-electron chi connectivity index (χ1n) is 5.59. The number of hydrogen-bond acceptors (Lipinski definition) is 2. The number of nitrogens with zero attached hydrogens (tertiary/aromatic N) is 1. The van der Waals surface area contributed by atoms with Crippen molar-refractivity contribution in [3.8, 4) is 0 Å². The molecule has 1 heterocycles. The predicted molar refractivity (Wildman–Crippen MR) is 73.4 cm³/mol. The highest BCUT2D eigenvalue weighted by atomic mass is 79.9. The molecule has 0 bridgehead atoms. The Balaban J connectivity index is 2.49. The van der Waals surface area contributed by atoms with Crippen molar-refractivity contribution in [3.05, 3.63) is 62.5 Å². The molecule has 0 atom stereocenters. The van der Waals surface area contributed by atoms with Gasteiger partial charge in [0.25, 0.3) is 5.56 Å². The number of hydrogen-bond donors (Lipinski definition) is 1. The Labute approximate surface area is 121 Å². The minimum absolute atomic E-state index is 0.00750. The average Bonchev–Trinajstić information content (AvgIpc) is 2.36. The van der Waals surface area contributed by atoms with Gasteiger partial charge in [-0.3, -0.25) is 4.79 Å². The van der Waals surface area contributed by atoms with Gasteiger partial charge in [-0.25, -0.2) is 0 Å². The van der Waals surface area contributed by atoms with Gasteiger partial charge in [0.05, 0.1) is 16.6 Å². The molecule has 0 spiro atoms. The van der Waals surface area contributed by atoms with E-state index in [1.165, 1.54) is 29.0 Å². The Morgan fingerprint density at radius 1 is 1.25 bits per heavy atom. The summed E-state index contributed by atoms with van der Waals surface area (Å²) in [5.74, 6) is 0. The quantitative estimate of drug-likeness (QED) is 0.848. The molecule has 1 aromatic heterocycles. The zero-order valence-electron chi connectivity index (χ0n) is 10.1. The first-order chi connectivity index (χ1) is 9.29. The van der Waals surface area contributed by atoms with Crippen LogP contribution in [-0.4, -0.2) is 4.57 Å². The first-order valence-corrected chi connectivity index (χ1v) is 6.39. The maximum Gasteiger partial charge on any atom is 0.416 e. The molecule has 1 aromatic carbocycles. The summed E-state index contributed by atoms with van der Waals surface area (Å²) in [5, 5.41) is 0. The number of anilines is 1. The summed E-state index contributed by atoms with van der Waals surface area (Å²) in [4.78, 5) is 11.8. The van der Waals surface area contributed by atoms with Crippen molar-refractivity contribution in [2.75, 3.05) is 5.73 Å². The number of pyridine rings is 1. The molecule has 2 rings (SSSR count). The van der Waals surface area contributed by atoms with E-state index in [0.717, 1.165) is 6.07 Å². The highest BCUT2D eigenvalue weighted by Gasteiger charge is 2.33. The second kappa shape index (κ2) is 5.32. The topological polar surface area (TPSA) is 48.0 Å². The maximum atomic E-state index is 13.0. The van der Waals surface area contributed by atoms with Crippen molar-refractivity contribution in [2.24, 2.45) is 0 Å². The monoisotopic (exact) mass is 346 g/mol. The van der Waals surface area contributed by atoms with Crippen LogP contribution in [0.3, 0.4) is 0 Å². The van der Waals surface area contributed by atoms with E-state index in [-0.39, 0.29) is 17.8 Å². The Hall–Kier alpha value is -1.76. The number of aromatic nitrogens is 1. The normalized spacial score (nSPS) is 11.6. The van der Waals surface area contributed by atoms with Gasteiger partial charge in [0, 0.05) is 11.9 Å². The number of rotatable bonds is 2. The first kappa shape index (κ1) is 14.6. The molecule has 0 radical (unpaired) electrons. The van der Waals surface area contributed by atoms with Crippen LogP contribution >= 0.6 is 15.9 Å². The van der Waals surface area contributed by atoms with Crippen molar-refractivity contribution < 1.29 is 13.2 Å². The predicted octanol–water partition coefficient (Wildman–Crippen LogP) is 3.26. The molecule has 0 fully saturated rings. The molecular formula is C13H10BrF3N2O. The lowest BCUT2D eigenvalue weighted by atomic mass is 10.1. The largest absolute Gasteiger partial charge is 0.416 e. The van der Waals surface area contributed by atoms with Crippen molar-refractivity contribution in [1.29, 1.82) is 0 Å². The van der Waals surface area contributed by atoms with Crippen LogP contribution in [0.2, 0.25) is 0 Å². The van der Waals surface area contributed by atoms with Gasteiger partial charge in [0.15, 0.2) is 0 Å². The smallest absolute Gasteiger partial charge is 0.399 e. The van der Waals surface area contributed by atoms with E-state index < -0.39 is 17.3 Å². The Bertz CT molecular complexity index is 695. The molecule has 0 amide bonds. The van der Waals surface area contributed by atoms with Gasteiger partial charge in [0.1, 0.15) is 0 Å². The Kier molecular flexibility index (Phi) is 3.89. The molecule has 106 valence electrons. The molecule has 0 saturated carbocycles. The molecule has 0 aliphatic heterocycles. The summed E-state index contributed by atoms with van der Waals surface area (Å²) in [6, 6.07) is 6.65. The fourth-order valence-electron chi connectivity index (χ4n) is 1.81. The standard InChI is InChI=1S/C13H10BrF3N2O/c14-11-2-1-5-19(12(11)20)7-8-3-4-9(18)6-10(8)13(15,16)17/h1-6H,7,18H2. The zero-order valence-corrected chi connectivity index (χ0v) is 11.7. The number of benzene rings is 1. The third-order valence-corrected chi connectivity index (χ3v) is 3.36. The molecular weight excluding hydrogens is 337 g/mol. The summed E-state index contributed by atoms with van der Waals surface area (Å²) in [7, 11) is 0. The molecule has 0 aliphatic carbocycles. The zero-order chi connectivity index (χ0) is 14.9. The van der Waals surface area contributed by atoms with Crippen LogP contribution in [0, 0.1) is 0 Å². The molecule has 2 aromatic rings. The van der Waals surface area contributed by atoms with Crippen LogP contribution in [0.1, 0.15) is 11.1 Å². The molecule has 0 aliphatic rings. The van der Waals surface area contributed by atoms with Gasteiger partial charge in [-0.1, -0.05) is 6.07 Å². The molecule has 0 unspecified atom stereocenters. The third kappa shape index (κ3) is 3.04. The van der Waals surface area contributed by atoms with Gasteiger partial charge >= 0.3 is 6.18 Å². The molecule has 20 heavy (non-hydrogen) atoms. The van der Waals surface area contributed by atoms with Crippen molar-refractivity contribution in [2.45, 2.75) is 12.7 Å². The van der Waals surface area contributed by atoms with Gasteiger partial charge < -0.3 is 10.3 Å². The van der Waals surface area contributed by atoms with E-state index >= 15 is 0 Å². The van der Waals surface area contributed by atoms with Gasteiger partial charge in [-0.05, 0) is 45.8 Å². The van der Waals surface area contributed by atoms with E-state index in [0.29, 0.717) is 4.47 Å². The fourth-order valence-corrected chi connectivity index (χ4v) is 2.19. The van der Waals surface area contributed by atoms with E-state index in [2.05, 4.69) is 15.9 Å². The average molecular weight is 347 g/mol.